The fourth-order valence-electron chi connectivity index (χ4n) is 2.45. The Bertz CT molecular complexity index is 540. The van der Waals surface area contributed by atoms with Gasteiger partial charge in [0, 0.05) is 12.2 Å². The Hall–Kier alpha value is -2.16. The molecule has 0 amide bonds. The second kappa shape index (κ2) is 11.4. The molecule has 2 rings (SSSR count). The molecule has 130 valence electrons. The Morgan fingerprint density at radius 3 is 2.12 bits per heavy atom. The predicted octanol–water partition coefficient (Wildman–Crippen LogP) is 5.53. The highest BCUT2D eigenvalue weighted by Crippen LogP contribution is 2.16. The van der Waals surface area contributed by atoms with Gasteiger partial charge >= 0.3 is 0 Å². The van der Waals surface area contributed by atoms with Crippen molar-refractivity contribution in [1.82, 2.24) is 0 Å². The molecule has 0 spiro atoms. The molecule has 2 aromatic carbocycles. The lowest BCUT2D eigenvalue weighted by atomic mass is 10.2. The second-order valence-electron chi connectivity index (χ2n) is 5.88. The molecule has 0 atom stereocenters. The van der Waals surface area contributed by atoms with Gasteiger partial charge in [-0.2, -0.15) is 0 Å². The molecule has 1 N–H and O–H groups in total. The highest BCUT2D eigenvalue weighted by molar-refractivity contribution is 5.46. The van der Waals surface area contributed by atoms with Crippen LogP contribution in [0.3, 0.4) is 0 Å². The molecular weight excluding hydrogens is 298 g/mol. The van der Waals surface area contributed by atoms with Crippen molar-refractivity contribution < 1.29 is 9.47 Å². The van der Waals surface area contributed by atoms with Crippen LogP contribution in [0.1, 0.15) is 39.0 Å². The van der Waals surface area contributed by atoms with Crippen LogP contribution in [0.25, 0.3) is 0 Å². The lowest BCUT2D eigenvalue weighted by Gasteiger charge is -2.10. The molecule has 0 saturated heterocycles. The molecule has 3 nitrogen and oxygen atoms in total. The number of benzene rings is 2. The van der Waals surface area contributed by atoms with Gasteiger partial charge in [-0.25, -0.2) is 0 Å². The summed E-state index contributed by atoms with van der Waals surface area (Å²) in [5, 5.41) is 3.35. The third kappa shape index (κ3) is 7.40. The number of hydrogen-bond acceptors (Lipinski definition) is 3. The van der Waals surface area contributed by atoms with E-state index in [1.54, 1.807) is 0 Å². The summed E-state index contributed by atoms with van der Waals surface area (Å²) in [5.74, 6) is 1.85. The van der Waals surface area contributed by atoms with Gasteiger partial charge in [-0.15, -0.1) is 0 Å². The summed E-state index contributed by atoms with van der Waals surface area (Å²) in [6.45, 7) is 4.45. The van der Waals surface area contributed by atoms with Gasteiger partial charge in [0.25, 0.3) is 0 Å². The molecule has 2 aromatic rings. The molecule has 0 aliphatic carbocycles. The minimum atomic E-state index is 0.639. The Morgan fingerprint density at radius 1 is 0.708 bits per heavy atom. The van der Waals surface area contributed by atoms with Crippen molar-refractivity contribution in [2.75, 3.05) is 25.1 Å². The Kier molecular flexibility index (Phi) is 8.63. The first-order valence-corrected chi connectivity index (χ1v) is 9.03. The quantitative estimate of drug-likeness (QED) is 0.520. The van der Waals surface area contributed by atoms with Gasteiger partial charge in [-0.1, -0.05) is 50.8 Å². The van der Waals surface area contributed by atoms with Crippen LogP contribution >= 0.6 is 0 Å². The monoisotopic (exact) mass is 327 g/mol. The Morgan fingerprint density at radius 2 is 1.38 bits per heavy atom. The van der Waals surface area contributed by atoms with Crippen molar-refractivity contribution in [3.05, 3.63) is 54.6 Å². The SMILES string of the molecule is CCCCCCCOc1ccc(NCCOc2ccccc2)cc1. The van der Waals surface area contributed by atoms with Crippen molar-refractivity contribution >= 4 is 5.69 Å². The Balaban J connectivity index is 1.58. The number of rotatable bonds is 12. The highest BCUT2D eigenvalue weighted by Gasteiger charge is 1.97. The maximum absolute atomic E-state index is 5.77. The topological polar surface area (TPSA) is 30.5 Å². The van der Waals surface area contributed by atoms with E-state index in [0.717, 1.165) is 36.8 Å². The highest BCUT2D eigenvalue weighted by atomic mass is 16.5. The summed E-state index contributed by atoms with van der Waals surface area (Å²) in [6, 6.07) is 18.0. The number of ether oxygens (including phenoxy) is 2. The lowest BCUT2D eigenvalue weighted by Crippen LogP contribution is -2.11. The van der Waals surface area contributed by atoms with E-state index >= 15 is 0 Å². The molecule has 0 radical (unpaired) electrons. The third-order valence-corrected chi connectivity index (χ3v) is 3.81. The summed E-state index contributed by atoms with van der Waals surface area (Å²) >= 11 is 0. The number of nitrogens with one attached hydrogen (secondary N) is 1. The van der Waals surface area contributed by atoms with E-state index in [9.17, 15) is 0 Å². The first-order chi connectivity index (χ1) is 11.9. The van der Waals surface area contributed by atoms with Crippen LogP contribution in [0.4, 0.5) is 5.69 Å². The van der Waals surface area contributed by atoms with Crippen molar-refractivity contribution in [2.24, 2.45) is 0 Å². The largest absolute Gasteiger partial charge is 0.494 e. The maximum Gasteiger partial charge on any atom is 0.119 e. The first-order valence-electron chi connectivity index (χ1n) is 9.03. The standard InChI is InChI=1S/C21H29NO2/c1-2-3-4-5-9-17-23-21-14-12-19(13-15-21)22-16-18-24-20-10-7-6-8-11-20/h6-8,10-15,22H,2-5,9,16-18H2,1H3. The summed E-state index contributed by atoms with van der Waals surface area (Å²) in [4.78, 5) is 0. The number of hydrogen-bond donors (Lipinski definition) is 1. The van der Waals surface area contributed by atoms with Crippen LogP contribution in [0, 0.1) is 0 Å². The Labute approximate surface area is 146 Å². The van der Waals surface area contributed by atoms with Crippen LogP contribution in [-0.2, 0) is 0 Å². The average molecular weight is 327 g/mol. The van der Waals surface area contributed by atoms with Crippen molar-refractivity contribution in [3.8, 4) is 11.5 Å². The molecule has 0 heterocycles. The zero-order chi connectivity index (χ0) is 16.9. The van der Waals surface area contributed by atoms with E-state index in [-0.39, 0.29) is 0 Å². The van der Waals surface area contributed by atoms with Gasteiger partial charge in [0.15, 0.2) is 0 Å². The third-order valence-electron chi connectivity index (χ3n) is 3.81. The minimum absolute atomic E-state index is 0.639. The van der Waals surface area contributed by atoms with E-state index in [2.05, 4.69) is 24.4 Å². The van der Waals surface area contributed by atoms with E-state index < -0.39 is 0 Å². The molecule has 0 saturated carbocycles. The van der Waals surface area contributed by atoms with Crippen molar-refractivity contribution in [1.29, 1.82) is 0 Å². The van der Waals surface area contributed by atoms with Gasteiger partial charge in [-0.05, 0) is 42.8 Å². The van der Waals surface area contributed by atoms with E-state index in [1.807, 2.05) is 42.5 Å². The van der Waals surface area contributed by atoms with Gasteiger partial charge in [-0.3, -0.25) is 0 Å². The maximum atomic E-state index is 5.77. The lowest BCUT2D eigenvalue weighted by molar-refractivity contribution is 0.304. The van der Waals surface area contributed by atoms with Crippen LogP contribution < -0.4 is 14.8 Å². The molecule has 0 fully saturated rings. The number of unbranched alkanes of at least 4 members (excludes halogenated alkanes) is 4. The summed E-state index contributed by atoms with van der Waals surface area (Å²) in [6.07, 6.45) is 6.32. The molecule has 0 aromatic heterocycles. The molecule has 0 unspecified atom stereocenters. The predicted molar refractivity (Wildman–Crippen MR) is 101 cm³/mol. The van der Waals surface area contributed by atoms with Gasteiger partial charge in [0.05, 0.1) is 6.61 Å². The molecular formula is C21H29NO2. The van der Waals surface area contributed by atoms with E-state index in [4.69, 9.17) is 9.47 Å². The molecule has 0 bridgehead atoms. The van der Waals surface area contributed by atoms with Gasteiger partial charge in [0.2, 0.25) is 0 Å². The van der Waals surface area contributed by atoms with E-state index in [1.165, 1.54) is 25.7 Å². The first kappa shape index (κ1) is 18.2. The summed E-state index contributed by atoms with van der Waals surface area (Å²) in [5.41, 5.74) is 1.09. The second-order valence-corrected chi connectivity index (χ2v) is 5.88. The zero-order valence-corrected chi connectivity index (χ0v) is 14.7. The number of anilines is 1. The minimum Gasteiger partial charge on any atom is -0.494 e. The normalized spacial score (nSPS) is 10.4. The number of para-hydroxylation sites is 1. The average Bonchev–Trinajstić information content (AvgIpc) is 2.64. The summed E-state index contributed by atoms with van der Waals surface area (Å²) < 4.78 is 11.4. The smallest absolute Gasteiger partial charge is 0.119 e. The molecule has 0 aliphatic heterocycles. The van der Waals surface area contributed by atoms with Gasteiger partial charge in [0.1, 0.15) is 18.1 Å². The van der Waals surface area contributed by atoms with Gasteiger partial charge < -0.3 is 14.8 Å². The van der Waals surface area contributed by atoms with Crippen LogP contribution in [0.15, 0.2) is 54.6 Å². The van der Waals surface area contributed by atoms with Crippen LogP contribution in [0.5, 0.6) is 11.5 Å². The summed E-state index contributed by atoms with van der Waals surface area (Å²) in [7, 11) is 0. The molecule has 3 heteroatoms. The fraction of sp³-hybridized carbons (Fsp3) is 0.429. The van der Waals surface area contributed by atoms with Crippen LogP contribution in [0.2, 0.25) is 0 Å². The fourth-order valence-corrected chi connectivity index (χ4v) is 2.45. The molecule has 24 heavy (non-hydrogen) atoms. The van der Waals surface area contributed by atoms with Crippen molar-refractivity contribution in [3.63, 3.8) is 0 Å². The zero-order valence-electron chi connectivity index (χ0n) is 14.7. The van der Waals surface area contributed by atoms with Crippen LogP contribution in [-0.4, -0.2) is 19.8 Å². The van der Waals surface area contributed by atoms with Crippen molar-refractivity contribution in [2.45, 2.75) is 39.0 Å². The molecule has 0 aliphatic rings. The van der Waals surface area contributed by atoms with E-state index in [0.29, 0.717) is 6.61 Å².